The van der Waals surface area contributed by atoms with Crippen LogP contribution in [0, 0.1) is 0 Å². The SMILES string of the molecule is OCCNC1CCc2ccc(Cl)cc21. The van der Waals surface area contributed by atoms with Crippen LogP contribution in [0.15, 0.2) is 18.2 Å². The Hall–Kier alpha value is -0.570. The van der Waals surface area contributed by atoms with Crippen molar-refractivity contribution < 1.29 is 5.11 Å². The molecule has 1 aromatic carbocycles. The lowest BCUT2D eigenvalue weighted by Gasteiger charge is -2.12. The van der Waals surface area contributed by atoms with Crippen LogP contribution in [0.2, 0.25) is 5.02 Å². The predicted molar refractivity (Wildman–Crippen MR) is 57.6 cm³/mol. The van der Waals surface area contributed by atoms with E-state index in [9.17, 15) is 0 Å². The van der Waals surface area contributed by atoms with Gasteiger partial charge in [0.05, 0.1) is 6.61 Å². The zero-order chi connectivity index (χ0) is 9.97. The highest BCUT2D eigenvalue weighted by molar-refractivity contribution is 6.30. The summed E-state index contributed by atoms with van der Waals surface area (Å²) in [5.41, 5.74) is 2.68. The number of nitrogens with one attached hydrogen (secondary N) is 1. The third kappa shape index (κ3) is 1.92. The van der Waals surface area contributed by atoms with Crippen LogP contribution in [-0.2, 0) is 6.42 Å². The Morgan fingerprint density at radius 2 is 2.36 bits per heavy atom. The second kappa shape index (κ2) is 4.30. The van der Waals surface area contributed by atoms with E-state index in [-0.39, 0.29) is 6.61 Å². The summed E-state index contributed by atoms with van der Waals surface area (Å²) in [6.45, 7) is 0.836. The number of halogens is 1. The van der Waals surface area contributed by atoms with Crippen molar-refractivity contribution in [3.8, 4) is 0 Å². The lowest BCUT2D eigenvalue weighted by molar-refractivity contribution is 0.284. The average Bonchev–Trinajstić information content (AvgIpc) is 2.57. The number of aliphatic hydroxyl groups excluding tert-OH is 1. The number of aliphatic hydroxyl groups is 1. The molecule has 2 N–H and O–H groups in total. The van der Waals surface area contributed by atoms with Crippen LogP contribution in [0.5, 0.6) is 0 Å². The van der Waals surface area contributed by atoms with Crippen molar-refractivity contribution in [3.05, 3.63) is 34.3 Å². The molecule has 1 unspecified atom stereocenters. The van der Waals surface area contributed by atoms with Gasteiger partial charge in [0.25, 0.3) is 0 Å². The maximum Gasteiger partial charge on any atom is 0.0556 e. The van der Waals surface area contributed by atoms with Crippen LogP contribution in [0.4, 0.5) is 0 Å². The lowest BCUT2D eigenvalue weighted by atomic mass is 10.1. The van der Waals surface area contributed by atoms with Gasteiger partial charge in [-0.15, -0.1) is 0 Å². The van der Waals surface area contributed by atoms with Gasteiger partial charge in [-0.05, 0) is 36.1 Å². The summed E-state index contributed by atoms with van der Waals surface area (Å²) in [5.74, 6) is 0. The number of benzene rings is 1. The van der Waals surface area contributed by atoms with Crippen LogP contribution in [0.1, 0.15) is 23.6 Å². The van der Waals surface area contributed by atoms with Gasteiger partial charge in [0.1, 0.15) is 0 Å². The number of rotatable bonds is 3. The topological polar surface area (TPSA) is 32.3 Å². The Bertz CT molecular complexity index is 327. The van der Waals surface area contributed by atoms with E-state index in [2.05, 4.69) is 11.4 Å². The normalized spacial score (nSPS) is 19.7. The standard InChI is InChI=1S/C11H14ClNO/c12-9-3-1-8-2-4-11(10(8)7-9)13-5-6-14/h1,3,7,11,13-14H,2,4-6H2. The zero-order valence-corrected chi connectivity index (χ0v) is 8.72. The quantitative estimate of drug-likeness (QED) is 0.801. The first-order valence-corrected chi connectivity index (χ1v) is 5.31. The Morgan fingerprint density at radius 3 is 3.14 bits per heavy atom. The molecule has 3 heteroatoms. The van der Waals surface area contributed by atoms with Gasteiger partial charge in [-0.3, -0.25) is 0 Å². The molecule has 0 spiro atoms. The van der Waals surface area contributed by atoms with Crippen molar-refractivity contribution >= 4 is 11.6 Å². The van der Waals surface area contributed by atoms with Crippen LogP contribution in [-0.4, -0.2) is 18.3 Å². The smallest absolute Gasteiger partial charge is 0.0556 e. The molecule has 0 fully saturated rings. The van der Waals surface area contributed by atoms with Crippen molar-refractivity contribution in [2.24, 2.45) is 0 Å². The molecule has 0 saturated carbocycles. The maximum absolute atomic E-state index is 8.74. The molecule has 0 saturated heterocycles. The molecular weight excluding hydrogens is 198 g/mol. The Morgan fingerprint density at radius 1 is 1.50 bits per heavy atom. The molecule has 0 bridgehead atoms. The molecule has 1 atom stereocenters. The average molecular weight is 212 g/mol. The third-order valence-electron chi connectivity index (χ3n) is 2.69. The van der Waals surface area contributed by atoms with Crippen molar-refractivity contribution in [2.45, 2.75) is 18.9 Å². The fourth-order valence-electron chi connectivity index (χ4n) is 2.02. The molecule has 76 valence electrons. The van der Waals surface area contributed by atoms with E-state index in [4.69, 9.17) is 16.7 Å². The molecule has 0 aliphatic heterocycles. The highest BCUT2D eigenvalue weighted by atomic mass is 35.5. The van der Waals surface area contributed by atoms with Gasteiger partial charge in [0.2, 0.25) is 0 Å². The molecule has 2 rings (SSSR count). The van der Waals surface area contributed by atoms with E-state index in [0.29, 0.717) is 12.6 Å². The van der Waals surface area contributed by atoms with Gasteiger partial charge < -0.3 is 10.4 Å². The Kier molecular flexibility index (Phi) is 3.06. The van der Waals surface area contributed by atoms with Crippen LogP contribution in [0.3, 0.4) is 0 Å². The minimum atomic E-state index is 0.187. The first-order valence-electron chi connectivity index (χ1n) is 4.94. The summed E-state index contributed by atoms with van der Waals surface area (Å²) in [6, 6.07) is 6.43. The highest BCUT2D eigenvalue weighted by Gasteiger charge is 2.21. The van der Waals surface area contributed by atoms with E-state index in [1.807, 2.05) is 12.1 Å². The summed E-state index contributed by atoms with van der Waals surface area (Å²) >= 11 is 5.95. The van der Waals surface area contributed by atoms with Crippen LogP contribution < -0.4 is 5.32 Å². The van der Waals surface area contributed by atoms with Gasteiger partial charge in [-0.1, -0.05) is 17.7 Å². The molecule has 14 heavy (non-hydrogen) atoms. The minimum absolute atomic E-state index is 0.187. The molecule has 2 nitrogen and oxygen atoms in total. The highest BCUT2D eigenvalue weighted by Crippen LogP contribution is 2.32. The molecular formula is C11H14ClNO. The molecule has 1 aliphatic rings. The molecule has 0 heterocycles. The van der Waals surface area contributed by atoms with Crippen LogP contribution in [0.25, 0.3) is 0 Å². The van der Waals surface area contributed by atoms with E-state index in [1.54, 1.807) is 0 Å². The van der Waals surface area contributed by atoms with E-state index < -0.39 is 0 Å². The van der Waals surface area contributed by atoms with E-state index >= 15 is 0 Å². The summed E-state index contributed by atoms with van der Waals surface area (Å²) in [7, 11) is 0. The molecule has 0 aromatic heterocycles. The third-order valence-corrected chi connectivity index (χ3v) is 2.92. The first-order chi connectivity index (χ1) is 6.81. The van der Waals surface area contributed by atoms with Gasteiger partial charge >= 0.3 is 0 Å². The van der Waals surface area contributed by atoms with Gasteiger partial charge in [-0.25, -0.2) is 0 Å². The van der Waals surface area contributed by atoms with E-state index in [1.165, 1.54) is 11.1 Å². The van der Waals surface area contributed by atoms with Crippen molar-refractivity contribution in [1.29, 1.82) is 0 Å². The van der Waals surface area contributed by atoms with Gasteiger partial charge in [-0.2, -0.15) is 0 Å². The number of hydrogen-bond acceptors (Lipinski definition) is 2. The summed E-state index contributed by atoms with van der Waals surface area (Å²) < 4.78 is 0. The zero-order valence-electron chi connectivity index (χ0n) is 7.96. The Labute approximate surface area is 88.9 Å². The largest absolute Gasteiger partial charge is 0.395 e. The lowest BCUT2D eigenvalue weighted by Crippen LogP contribution is -2.22. The minimum Gasteiger partial charge on any atom is -0.395 e. The summed E-state index contributed by atoms with van der Waals surface area (Å²) in [5, 5.41) is 12.8. The van der Waals surface area contributed by atoms with Crippen LogP contribution >= 0.6 is 11.6 Å². The number of aryl methyl sites for hydroxylation is 1. The second-order valence-electron chi connectivity index (χ2n) is 3.61. The fraction of sp³-hybridized carbons (Fsp3) is 0.455. The number of fused-ring (bicyclic) bond motifs is 1. The fourth-order valence-corrected chi connectivity index (χ4v) is 2.20. The maximum atomic E-state index is 8.74. The summed E-state index contributed by atoms with van der Waals surface area (Å²) in [4.78, 5) is 0. The predicted octanol–water partition coefficient (Wildman–Crippen LogP) is 1.91. The van der Waals surface area contributed by atoms with Crippen molar-refractivity contribution in [2.75, 3.05) is 13.2 Å². The monoisotopic (exact) mass is 211 g/mol. The van der Waals surface area contributed by atoms with Gasteiger partial charge in [0, 0.05) is 17.6 Å². The van der Waals surface area contributed by atoms with E-state index in [0.717, 1.165) is 17.9 Å². The number of hydrogen-bond donors (Lipinski definition) is 2. The molecule has 0 radical (unpaired) electrons. The summed E-state index contributed by atoms with van der Waals surface area (Å²) in [6.07, 6.45) is 2.21. The molecule has 1 aromatic rings. The van der Waals surface area contributed by atoms with Crippen molar-refractivity contribution in [3.63, 3.8) is 0 Å². The van der Waals surface area contributed by atoms with Crippen molar-refractivity contribution in [1.82, 2.24) is 5.32 Å². The molecule has 1 aliphatic carbocycles. The second-order valence-corrected chi connectivity index (χ2v) is 4.05. The first kappa shape index (κ1) is 9.97. The Balaban J connectivity index is 2.16. The molecule has 0 amide bonds. The van der Waals surface area contributed by atoms with Gasteiger partial charge in [0.15, 0.2) is 0 Å².